The van der Waals surface area contributed by atoms with Crippen molar-refractivity contribution < 1.29 is 34.1 Å². The van der Waals surface area contributed by atoms with E-state index in [2.05, 4.69) is 10.3 Å². The zero-order chi connectivity index (χ0) is 40.8. The molecule has 5 N–H and O–H groups in total. The van der Waals surface area contributed by atoms with E-state index in [1.807, 2.05) is 51.1 Å². The number of hydrogen-bond acceptors (Lipinski definition) is 10. The largest absolute Gasteiger partial charge is 0.390 e. The molecule has 1 saturated heterocycles. The average Bonchev–Trinajstić information content (AvgIpc) is 3.61. The lowest BCUT2D eigenvalue weighted by molar-refractivity contribution is -0.144. The van der Waals surface area contributed by atoms with Gasteiger partial charge in [0, 0.05) is 64.5 Å². The number of nitrogens with zero attached hydrogens (tertiary/aromatic N) is 4. The number of benzene rings is 1. The topological polar surface area (TPSA) is 179 Å². The molecule has 2 aromatic rings. The van der Waals surface area contributed by atoms with Gasteiger partial charge < -0.3 is 40.7 Å². The van der Waals surface area contributed by atoms with Crippen LogP contribution < -0.4 is 11.1 Å². The molecule has 0 bridgehead atoms. The molecule has 0 unspecified atom stereocenters. The Bertz CT molecular complexity index is 1530. The highest BCUT2D eigenvalue weighted by atomic mass is 32.1. The van der Waals surface area contributed by atoms with E-state index in [9.17, 15) is 29.4 Å². The predicted molar refractivity (Wildman–Crippen MR) is 218 cm³/mol. The van der Waals surface area contributed by atoms with Crippen molar-refractivity contribution in [3.8, 4) is 0 Å². The molecule has 2 aliphatic rings. The summed E-state index contributed by atoms with van der Waals surface area (Å²) in [5, 5.41) is 27.6. The van der Waals surface area contributed by atoms with Gasteiger partial charge in [-0.3, -0.25) is 19.2 Å². The molecule has 0 radical (unpaired) electrons. The lowest BCUT2D eigenvalue weighted by atomic mass is 9.82. The summed E-state index contributed by atoms with van der Waals surface area (Å²) >= 11 is 1.25. The third-order valence-electron chi connectivity index (χ3n) is 11.5. The average molecular weight is 799 g/mol. The van der Waals surface area contributed by atoms with Crippen LogP contribution in [0, 0.1) is 23.7 Å². The molecule has 5 atom stereocenters. The van der Waals surface area contributed by atoms with E-state index in [0.29, 0.717) is 62.2 Å². The summed E-state index contributed by atoms with van der Waals surface area (Å²) in [6.07, 6.45) is 5.32. The second-order valence-electron chi connectivity index (χ2n) is 16.4. The van der Waals surface area contributed by atoms with Gasteiger partial charge in [-0.1, -0.05) is 76.3 Å². The first-order chi connectivity index (χ1) is 26.7. The summed E-state index contributed by atoms with van der Waals surface area (Å²) in [5.74, 6) is -1.60. The lowest BCUT2D eigenvalue weighted by Crippen LogP contribution is -2.52. The number of carbonyl (C=O) groups excluding carboxylic acids is 4. The van der Waals surface area contributed by atoms with Gasteiger partial charge in [-0.25, -0.2) is 4.98 Å². The second kappa shape index (κ2) is 22.4. The number of aromatic nitrogens is 1. The van der Waals surface area contributed by atoms with Crippen LogP contribution in [0.2, 0.25) is 0 Å². The monoisotopic (exact) mass is 798 g/mol. The van der Waals surface area contributed by atoms with Crippen molar-refractivity contribution in [2.75, 3.05) is 52.7 Å². The number of hydrogen-bond donors (Lipinski definition) is 4. The number of nitrogens with two attached hydrogens (primary N) is 1. The summed E-state index contributed by atoms with van der Waals surface area (Å²) < 4.78 is 5.40. The van der Waals surface area contributed by atoms with Gasteiger partial charge in [0.15, 0.2) is 5.13 Å². The molecule has 0 spiro atoms. The fourth-order valence-electron chi connectivity index (χ4n) is 7.92. The minimum absolute atomic E-state index is 0.0396. The molecule has 2 fully saturated rings. The van der Waals surface area contributed by atoms with Gasteiger partial charge in [0.2, 0.25) is 23.6 Å². The van der Waals surface area contributed by atoms with Crippen molar-refractivity contribution in [3.05, 3.63) is 47.0 Å². The number of nitrogens with one attached hydrogen (secondary N) is 1. The van der Waals surface area contributed by atoms with Crippen molar-refractivity contribution in [2.24, 2.45) is 23.7 Å². The van der Waals surface area contributed by atoms with E-state index in [0.717, 1.165) is 37.7 Å². The van der Waals surface area contributed by atoms with Crippen molar-refractivity contribution in [2.45, 2.75) is 116 Å². The number of ether oxygens (including phenoxy) is 1. The fraction of sp³-hybridized carbons (Fsp3) is 0.690. The second-order valence-corrected chi connectivity index (χ2v) is 17.3. The van der Waals surface area contributed by atoms with Crippen LogP contribution in [0.1, 0.15) is 102 Å². The molecule has 13 nitrogen and oxygen atoms in total. The molecular weight excluding hydrogens is 733 g/mol. The molecule has 1 aliphatic carbocycles. The number of nitrogen functional groups attached to an aromatic ring is 1. The highest BCUT2D eigenvalue weighted by Crippen LogP contribution is 2.30. The molecule has 1 saturated carbocycles. The maximum atomic E-state index is 14.5. The number of likely N-dealkylation sites (N-methyl/N-ethyl adjacent to an activating group) is 2. The number of rotatable bonds is 20. The van der Waals surface area contributed by atoms with Gasteiger partial charge in [0.05, 0.1) is 29.8 Å². The van der Waals surface area contributed by atoms with Crippen molar-refractivity contribution in [1.29, 1.82) is 0 Å². The van der Waals surface area contributed by atoms with Crippen LogP contribution in [0.3, 0.4) is 0 Å². The van der Waals surface area contributed by atoms with E-state index >= 15 is 0 Å². The van der Waals surface area contributed by atoms with Gasteiger partial charge in [-0.2, -0.15) is 0 Å². The highest BCUT2D eigenvalue weighted by Gasteiger charge is 2.35. The Morgan fingerprint density at radius 1 is 0.946 bits per heavy atom. The lowest BCUT2D eigenvalue weighted by Gasteiger charge is -2.34. The first kappa shape index (κ1) is 45.1. The maximum Gasteiger partial charge on any atom is 0.242 e. The Kier molecular flexibility index (Phi) is 18.0. The normalized spacial score (nSPS) is 18.1. The minimum atomic E-state index is -1.18. The van der Waals surface area contributed by atoms with Crippen molar-refractivity contribution >= 4 is 40.1 Å². The minimum Gasteiger partial charge on any atom is -0.390 e. The molecule has 4 rings (SSSR count). The van der Waals surface area contributed by atoms with Crippen molar-refractivity contribution in [3.63, 3.8) is 0 Å². The van der Waals surface area contributed by atoms with Crippen LogP contribution in [-0.4, -0.2) is 119 Å². The number of carbonyl (C=O) groups is 4. The third kappa shape index (κ3) is 13.8. The van der Waals surface area contributed by atoms with Crippen LogP contribution in [0.4, 0.5) is 5.13 Å². The van der Waals surface area contributed by atoms with Gasteiger partial charge in [-0.05, 0) is 50.0 Å². The molecule has 2 heterocycles. The van der Waals surface area contributed by atoms with Crippen LogP contribution >= 0.6 is 11.3 Å². The van der Waals surface area contributed by atoms with Gasteiger partial charge in [0.1, 0.15) is 12.6 Å². The molecule has 4 amide bonds. The summed E-state index contributed by atoms with van der Waals surface area (Å²) in [4.78, 5) is 64.8. The Morgan fingerprint density at radius 3 is 2.23 bits per heavy atom. The van der Waals surface area contributed by atoms with E-state index in [1.165, 1.54) is 21.1 Å². The first-order valence-corrected chi connectivity index (χ1v) is 21.4. The van der Waals surface area contributed by atoms with Crippen molar-refractivity contribution in [1.82, 2.24) is 25.0 Å². The Balaban J connectivity index is 1.53. The summed E-state index contributed by atoms with van der Waals surface area (Å²) in [5.41, 5.74) is 7.37. The van der Waals surface area contributed by atoms with Crippen LogP contribution in [0.15, 0.2) is 35.7 Å². The first-order valence-electron chi connectivity index (χ1n) is 20.5. The zero-order valence-corrected chi connectivity index (χ0v) is 34.9. The number of thiazole rings is 1. The van der Waals surface area contributed by atoms with Gasteiger partial charge in [-0.15, -0.1) is 11.3 Å². The van der Waals surface area contributed by atoms with Crippen LogP contribution in [0.25, 0.3) is 0 Å². The summed E-state index contributed by atoms with van der Waals surface area (Å²) in [6.45, 7) is 7.35. The van der Waals surface area contributed by atoms with E-state index < -0.39 is 36.1 Å². The molecule has 1 aliphatic heterocycles. The van der Waals surface area contributed by atoms with Crippen LogP contribution in [0.5, 0.6) is 0 Å². The van der Waals surface area contributed by atoms with E-state index in [-0.39, 0.29) is 55.5 Å². The molecule has 1 aromatic heterocycles. The summed E-state index contributed by atoms with van der Waals surface area (Å²) in [7, 11) is 3.41. The Labute approximate surface area is 337 Å². The highest BCUT2D eigenvalue weighted by molar-refractivity contribution is 7.13. The SMILES string of the molecule is CC(C)C[C@H](O)[C@H](O)[C@H](CC1CCCCC1)NC(=O)[C@H](CC(=O)N(CC(=O)N(C)CCN(C)C(=O)C1CCOCC1)[C@@H](C)c1ccccc1)Cc1csc(N)n1. The predicted octanol–water partition coefficient (Wildman–Crippen LogP) is 4.43. The Hall–Kier alpha value is -3.59. The molecule has 1 aromatic carbocycles. The van der Waals surface area contributed by atoms with E-state index in [1.54, 1.807) is 24.4 Å². The smallest absolute Gasteiger partial charge is 0.242 e. The number of anilines is 1. The fourth-order valence-corrected chi connectivity index (χ4v) is 8.50. The molecular formula is C42H66N6O7S. The van der Waals surface area contributed by atoms with Gasteiger partial charge >= 0.3 is 0 Å². The summed E-state index contributed by atoms with van der Waals surface area (Å²) in [6, 6.07) is 8.24. The molecule has 312 valence electrons. The van der Waals surface area contributed by atoms with Gasteiger partial charge in [0.25, 0.3) is 0 Å². The molecule has 56 heavy (non-hydrogen) atoms. The third-order valence-corrected chi connectivity index (χ3v) is 12.2. The van der Waals surface area contributed by atoms with E-state index in [4.69, 9.17) is 10.5 Å². The maximum absolute atomic E-state index is 14.5. The quantitative estimate of drug-likeness (QED) is 0.151. The number of aliphatic hydroxyl groups is 2. The zero-order valence-electron chi connectivity index (χ0n) is 34.1. The Morgan fingerprint density at radius 2 is 1.61 bits per heavy atom. The number of aliphatic hydroxyl groups excluding tert-OH is 2. The number of amides is 4. The van der Waals surface area contributed by atoms with Crippen LogP contribution in [-0.2, 0) is 30.3 Å². The standard InChI is InChI=1S/C42H66N6O7S/c1-28(2)22-36(49)39(52)35(23-30-12-8-6-9-13-30)45-40(53)33(24-34-27-56-42(43)44-34)25-37(50)48(29(3)31-14-10-7-11-15-31)26-38(51)46(4)18-19-47(5)41(54)32-16-20-55-21-17-32/h7,10-11,14-15,27-30,32-33,35-36,39,49,52H,6,8-9,12-13,16-26H2,1-5H3,(H2,43,44)(H,45,53)/t29-,33-,35-,36-,39+/m0/s1. The molecule has 14 heteroatoms.